The summed E-state index contributed by atoms with van der Waals surface area (Å²) in [6.45, 7) is 4.54. The number of likely N-dealkylation sites (tertiary alicyclic amines) is 1. The maximum absolute atomic E-state index is 6.02. The van der Waals surface area contributed by atoms with Gasteiger partial charge in [-0.2, -0.15) is 0 Å². The van der Waals surface area contributed by atoms with Crippen LogP contribution in [0.3, 0.4) is 0 Å². The highest BCUT2D eigenvalue weighted by Gasteiger charge is 2.46. The molecule has 1 atom stereocenters. The van der Waals surface area contributed by atoms with Gasteiger partial charge in [0.15, 0.2) is 0 Å². The van der Waals surface area contributed by atoms with Gasteiger partial charge in [0.2, 0.25) is 0 Å². The maximum Gasteiger partial charge on any atom is 0.0659 e. The Balaban J connectivity index is 1.93. The zero-order valence-electron chi connectivity index (χ0n) is 13.1. The lowest BCUT2D eigenvalue weighted by Crippen LogP contribution is -2.57. The first-order valence-corrected chi connectivity index (χ1v) is 8.39. The Labute approximate surface area is 128 Å². The minimum absolute atomic E-state index is 0.185. The fourth-order valence-corrected chi connectivity index (χ4v) is 4.41. The quantitative estimate of drug-likeness (QED) is 0.661. The zero-order chi connectivity index (χ0) is 14.7. The lowest BCUT2D eigenvalue weighted by atomic mass is 9.81. The van der Waals surface area contributed by atoms with Crippen LogP contribution in [-0.2, 0) is 0 Å². The summed E-state index contributed by atoms with van der Waals surface area (Å²) in [5.41, 5.74) is 5.78. The Bertz CT molecular complexity index is 462. The van der Waals surface area contributed by atoms with E-state index < -0.39 is 0 Å². The van der Waals surface area contributed by atoms with Crippen molar-refractivity contribution in [3.05, 3.63) is 29.6 Å². The first-order chi connectivity index (χ1) is 10.3. The van der Waals surface area contributed by atoms with Gasteiger partial charge in [0.05, 0.1) is 6.04 Å². The van der Waals surface area contributed by atoms with Crippen molar-refractivity contribution in [2.45, 2.75) is 63.5 Å². The van der Waals surface area contributed by atoms with Crippen LogP contribution in [0.5, 0.6) is 0 Å². The van der Waals surface area contributed by atoms with Gasteiger partial charge in [-0.25, -0.2) is 0 Å². The number of hydrogen-bond donors (Lipinski definition) is 2. The van der Waals surface area contributed by atoms with Gasteiger partial charge in [-0.05, 0) is 56.8 Å². The van der Waals surface area contributed by atoms with E-state index in [1.54, 1.807) is 0 Å². The van der Waals surface area contributed by atoms with Gasteiger partial charge < -0.3 is 0 Å². The smallest absolute Gasteiger partial charge is 0.0659 e. The monoisotopic (exact) mass is 288 g/mol. The van der Waals surface area contributed by atoms with Crippen LogP contribution in [0.2, 0.25) is 0 Å². The molecule has 2 heterocycles. The normalized spacial score (nSPS) is 24.1. The van der Waals surface area contributed by atoms with Crippen molar-refractivity contribution in [3.8, 4) is 0 Å². The summed E-state index contributed by atoms with van der Waals surface area (Å²) >= 11 is 0. The van der Waals surface area contributed by atoms with Gasteiger partial charge >= 0.3 is 0 Å². The molecular weight excluding hydrogens is 260 g/mol. The van der Waals surface area contributed by atoms with Crippen LogP contribution in [0, 0.1) is 6.92 Å². The van der Waals surface area contributed by atoms with E-state index in [-0.39, 0.29) is 11.6 Å². The van der Waals surface area contributed by atoms with Crippen molar-refractivity contribution < 1.29 is 0 Å². The first-order valence-electron chi connectivity index (χ1n) is 8.39. The molecular formula is C17H28N4. The minimum atomic E-state index is 0.185. The zero-order valence-corrected chi connectivity index (χ0v) is 13.1. The van der Waals surface area contributed by atoms with Gasteiger partial charge in [-0.1, -0.05) is 25.3 Å². The van der Waals surface area contributed by atoms with E-state index in [0.29, 0.717) is 0 Å². The molecule has 3 N–H and O–H groups in total. The largest absolute Gasteiger partial charge is 0.296 e. The Hall–Kier alpha value is -0.970. The lowest BCUT2D eigenvalue weighted by molar-refractivity contribution is 0.0359. The number of nitrogens with two attached hydrogens (primary N) is 1. The van der Waals surface area contributed by atoms with E-state index in [1.165, 1.54) is 69.2 Å². The van der Waals surface area contributed by atoms with Crippen LogP contribution in [0.25, 0.3) is 0 Å². The second-order valence-electron chi connectivity index (χ2n) is 6.75. The van der Waals surface area contributed by atoms with E-state index in [1.807, 2.05) is 12.4 Å². The van der Waals surface area contributed by atoms with Gasteiger partial charge in [-0.3, -0.25) is 21.2 Å². The number of nitrogens with one attached hydrogen (secondary N) is 1. The Morgan fingerprint density at radius 2 is 1.86 bits per heavy atom. The average molecular weight is 288 g/mol. The molecule has 21 heavy (non-hydrogen) atoms. The summed E-state index contributed by atoms with van der Waals surface area (Å²) in [4.78, 5) is 7.11. The molecule has 3 rings (SSSR count). The summed E-state index contributed by atoms with van der Waals surface area (Å²) in [6.07, 6.45) is 13.0. The van der Waals surface area contributed by atoms with Crippen molar-refractivity contribution in [1.29, 1.82) is 0 Å². The van der Waals surface area contributed by atoms with E-state index in [2.05, 4.69) is 28.3 Å². The van der Waals surface area contributed by atoms with E-state index in [9.17, 15) is 0 Å². The second kappa shape index (κ2) is 6.42. The minimum Gasteiger partial charge on any atom is -0.296 e. The van der Waals surface area contributed by atoms with Crippen LogP contribution in [-0.4, -0.2) is 28.5 Å². The predicted octanol–water partition coefficient (Wildman–Crippen LogP) is 2.69. The topological polar surface area (TPSA) is 54.2 Å². The molecule has 1 aromatic rings. The molecule has 1 unspecified atom stereocenters. The number of pyridine rings is 1. The summed E-state index contributed by atoms with van der Waals surface area (Å²) in [5.74, 6) is 6.02. The number of aromatic nitrogens is 1. The van der Waals surface area contributed by atoms with Gasteiger partial charge in [0.1, 0.15) is 0 Å². The fraction of sp³-hybridized carbons (Fsp3) is 0.706. The molecule has 1 aliphatic carbocycles. The van der Waals surface area contributed by atoms with Gasteiger partial charge in [0.25, 0.3) is 0 Å². The van der Waals surface area contributed by atoms with Gasteiger partial charge in [-0.15, -0.1) is 0 Å². The lowest BCUT2D eigenvalue weighted by Gasteiger charge is -2.48. The molecule has 2 fully saturated rings. The van der Waals surface area contributed by atoms with Crippen LogP contribution < -0.4 is 11.3 Å². The molecule has 0 amide bonds. The first kappa shape index (κ1) is 14.9. The van der Waals surface area contributed by atoms with Crippen LogP contribution in [0.1, 0.15) is 62.1 Å². The Kier molecular flexibility index (Phi) is 4.57. The van der Waals surface area contributed by atoms with Crippen molar-refractivity contribution >= 4 is 0 Å². The Morgan fingerprint density at radius 1 is 1.14 bits per heavy atom. The van der Waals surface area contributed by atoms with E-state index >= 15 is 0 Å². The SMILES string of the molecule is Cc1cncc(C(NN)C2(N3CCCCC3)CCCC2)c1. The number of nitrogens with zero attached hydrogens (tertiary/aromatic N) is 2. The second-order valence-corrected chi connectivity index (χ2v) is 6.75. The summed E-state index contributed by atoms with van der Waals surface area (Å²) in [7, 11) is 0. The highest BCUT2D eigenvalue weighted by Crippen LogP contribution is 2.45. The van der Waals surface area contributed by atoms with Crippen molar-refractivity contribution in [3.63, 3.8) is 0 Å². The molecule has 0 aromatic carbocycles. The number of hydrazine groups is 1. The van der Waals surface area contributed by atoms with Crippen LogP contribution in [0.4, 0.5) is 0 Å². The van der Waals surface area contributed by atoms with E-state index in [0.717, 1.165) is 0 Å². The highest BCUT2D eigenvalue weighted by molar-refractivity contribution is 5.25. The molecule has 0 radical (unpaired) electrons. The molecule has 4 heteroatoms. The predicted molar refractivity (Wildman–Crippen MR) is 85.7 cm³/mol. The molecule has 4 nitrogen and oxygen atoms in total. The molecule has 1 saturated heterocycles. The van der Waals surface area contributed by atoms with Gasteiger partial charge in [0, 0.05) is 17.9 Å². The molecule has 1 aromatic heterocycles. The highest BCUT2D eigenvalue weighted by atomic mass is 15.3. The molecule has 2 aliphatic rings. The van der Waals surface area contributed by atoms with Crippen molar-refractivity contribution in [1.82, 2.24) is 15.3 Å². The van der Waals surface area contributed by atoms with E-state index in [4.69, 9.17) is 5.84 Å². The third-order valence-corrected chi connectivity index (χ3v) is 5.39. The maximum atomic E-state index is 6.02. The summed E-state index contributed by atoms with van der Waals surface area (Å²) < 4.78 is 0. The third-order valence-electron chi connectivity index (χ3n) is 5.39. The summed E-state index contributed by atoms with van der Waals surface area (Å²) in [6, 6.07) is 2.42. The Morgan fingerprint density at radius 3 is 2.48 bits per heavy atom. The number of hydrogen-bond acceptors (Lipinski definition) is 4. The third kappa shape index (κ3) is 2.85. The fourth-order valence-electron chi connectivity index (χ4n) is 4.41. The molecule has 116 valence electrons. The van der Waals surface area contributed by atoms with Crippen molar-refractivity contribution in [2.24, 2.45) is 5.84 Å². The average Bonchev–Trinajstić information content (AvgIpc) is 3.00. The number of rotatable bonds is 4. The number of aryl methyl sites for hydroxylation is 1. The molecule has 0 spiro atoms. The standard InChI is InChI=1S/C17H28N4/c1-14-11-15(13-19-12-14)16(20-18)17(7-3-4-8-17)21-9-5-2-6-10-21/h11-13,16,20H,2-10,18H2,1H3. The van der Waals surface area contributed by atoms with Crippen LogP contribution >= 0.6 is 0 Å². The molecule has 0 bridgehead atoms. The summed E-state index contributed by atoms with van der Waals surface area (Å²) in [5, 5.41) is 0. The number of piperidine rings is 1. The van der Waals surface area contributed by atoms with Crippen LogP contribution in [0.15, 0.2) is 18.5 Å². The molecule has 1 saturated carbocycles. The van der Waals surface area contributed by atoms with Crippen molar-refractivity contribution in [2.75, 3.05) is 13.1 Å². The molecule has 1 aliphatic heterocycles.